The molecular weight excluding hydrogens is 420 g/mol. The number of carbonyl (C=O) groups excluding carboxylic acids is 2. The van der Waals surface area contributed by atoms with Crippen LogP contribution in [-0.4, -0.2) is 58.2 Å². The van der Waals surface area contributed by atoms with Gasteiger partial charge in [0.2, 0.25) is 11.8 Å². The topological polar surface area (TPSA) is 99.7 Å². The minimum Gasteiger partial charge on any atom is -0.490 e. The number of rotatable bonds is 9. The monoisotopic (exact) mass is 448 g/mol. The van der Waals surface area contributed by atoms with Crippen LogP contribution in [0.2, 0.25) is 5.02 Å². The van der Waals surface area contributed by atoms with Gasteiger partial charge in [0.25, 0.3) is 0 Å². The van der Waals surface area contributed by atoms with E-state index in [-0.39, 0.29) is 31.4 Å². The van der Waals surface area contributed by atoms with Gasteiger partial charge in [-0.15, -0.1) is 0 Å². The summed E-state index contributed by atoms with van der Waals surface area (Å²) in [5, 5.41) is 0.600. The molecule has 0 bridgehead atoms. The number of hydrogen-bond acceptors (Lipinski definition) is 5. The van der Waals surface area contributed by atoms with E-state index in [4.69, 9.17) is 26.8 Å². The van der Waals surface area contributed by atoms with Crippen LogP contribution < -0.4 is 10.5 Å². The Morgan fingerprint density at radius 3 is 2.74 bits per heavy atom. The van der Waals surface area contributed by atoms with Crippen molar-refractivity contribution in [1.82, 2.24) is 14.5 Å². The zero-order valence-corrected chi connectivity index (χ0v) is 18.7. The van der Waals surface area contributed by atoms with Crippen molar-refractivity contribution in [3.05, 3.63) is 47.5 Å². The molecule has 1 aliphatic heterocycles. The van der Waals surface area contributed by atoms with E-state index in [9.17, 15) is 9.59 Å². The van der Waals surface area contributed by atoms with Gasteiger partial charge in [0.1, 0.15) is 23.8 Å². The number of hydrogen-bond donors (Lipinski definition) is 1. The third kappa shape index (κ3) is 6.21. The van der Waals surface area contributed by atoms with Gasteiger partial charge in [0, 0.05) is 42.8 Å². The molecule has 0 aliphatic carbocycles. The molecule has 0 saturated carbocycles. The maximum Gasteiger partial charge on any atom is 0.224 e. The molecule has 168 valence electrons. The van der Waals surface area contributed by atoms with Gasteiger partial charge in [-0.25, -0.2) is 4.98 Å². The Balaban J connectivity index is 1.64. The molecule has 1 aromatic heterocycles. The Bertz CT molecular complexity index is 899. The van der Waals surface area contributed by atoms with Gasteiger partial charge in [0.15, 0.2) is 0 Å². The number of benzene rings is 1. The van der Waals surface area contributed by atoms with Gasteiger partial charge in [-0.05, 0) is 24.3 Å². The average molecular weight is 449 g/mol. The number of aryl methyl sites for hydroxylation is 1. The second kappa shape index (κ2) is 10.2. The van der Waals surface area contributed by atoms with Crippen LogP contribution in [0, 0.1) is 0 Å². The molecule has 1 atom stereocenters. The van der Waals surface area contributed by atoms with E-state index < -0.39 is 11.5 Å². The van der Waals surface area contributed by atoms with Crippen molar-refractivity contribution < 1.29 is 19.1 Å². The van der Waals surface area contributed by atoms with E-state index >= 15 is 0 Å². The van der Waals surface area contributed by atoms with Gasteiger partial charge >= 0.3 is 0 Å². The summed E-state index contributed by atoms with van der Waals surface area (Å²) in [6.07, 6.45) is 3.93. The Hall–Kier alpha value is -2.58. The van der Waals surface area contributed by atoms with Crippen molar-refractivity contribution in [1.29, 1.82) is 0 Å². The van der Waals surface area contributed by atoms with Crippen molar-refractivity contribution in [2.75, 3.05) is 26.3 Å². The Morgan fingerprint density at radius 2 is 2.06 bits per heavy atom. The Morgan fingerprint density at radius 1 is 1.32 bits per heavy atom. The summed E-state index contributed by atoms with van der Waals surface area (Å²) < 4.78 is 13.8. The number of carbonyl (C=O) groups is 2. The van der Waals surface area contributed by atoms with Gasteiger partial charge in [0.05, 0.1) is 19.6 Å². The van der Waals surface area contributed by atoms with Crippen molar-refractivity contribution in [2.45, 2.75) is 44.8 Å². The highest BCUT2D eigenvalue weighted by Crippen LogP contribution is 2.25. The number of nitrogens with two attached hydrogens (primary N) is 1. The lowest BCUT2D eigenvalue weighted by atomic mass is 9.97. The first kappa shape index (κ1) is 23.1. The zero-order valence-electron chi connectivity index (χ0n) is 17.9. The number of nitrogens with zero attached hydrogens (tertiary/aromatic N) is 3. The third-order valence-corrected chi connectivity index (χ3v) is 5.50. The van der Waals surface area contributed by atoms with Crippen molar-refractivity contribution >= 4 is 23.4 Å². The summed E-state index contributed by atoms with van der Waals surface area (Å²) >= 11 is 5.91. The van der Waals surface area contributed by atoms with E-state index in [1.54, 1.807) is 35.4 Å². The normalized spacial score (nSPS) is 18.9. The van der Waals surface area contributed by atoms with E-state index in [0.717, 1.165) is 5.82 Å². The van der Waals surface area contributed by atoms with Crippen LogP contribution in [0.15, 0.2) is 36.7 Å². The van der Waals surface area contributed by atoms with Crippen LogP contribution in [0.5, 0.6) is 5.75 Å². The fourth-order valence-electron chi connectivity index (χ4n) is 3.75. The molecule has 2 aromatic rings. The zero-order chi connectivity index (χ0) is 22.4. The molecular formula is C22H29ClN4O4. The van der Waals surface area contributed by atoms with E-state index in [2.05, 4.69) is 18.8 Å². The predicted octanol–water partition coefficient (Wildman–Crippen LogP) is 2.60. The number of ether oxygens (including phenoxy) is 2. The molecule has 1 aromatic carbocycles. The minimum absolute atomic E-state index is 0.00737. The summed E-state index contributed by atoms with van der Waals surface area (Å²) in [7, 11) is 0. The molecule has 0 spiro atoms. The van der Waals surface area contributed by atoms with E-state index in [1.807, 2.05) is 10.8 Å². The van der Waals surface area contributed by atoms with Crippen LogP contribution in [0.3, 0.4) is 0 Å². The molecule has 8 nitrogen and oxygen atoms in total. The molecule has 2 N–H and O–H groups in total. The summed E-state index contributed by atoms with van der Waals surface area (Å²) in [5.74, 6) is 1.32. The van der Waals surface area contributed by atoms with Crippen LogP contribution in [0.25, 0.3) is 0 Å². The first-order chi connectivity index (χ1) is 14.8. The smallest absolute Gasteiger partial charge is 0.224 e. The number of imidazole rings is 1. The quantitative estimate of drug-likeness (QED) is 0.635. The molecule has 2 amide bonds. The lowest BCUT2D eigenvalue weighted by molar-refractivity contribution is -0.161. The first-order valence-electron chi connectivity index (χ1n) is 10.4. The maximum absolute atomic E-state index is 12.9. The van der Waals surface area contributed by atoms with Crippen molar-refractivity contribution in [2.24, 2.45) is 5.73 Å². The molecule has 3 rings (SSSR count). The molecule has 0 unspecified atom stereocenters. The summed E-state index contributed by atoms with van der Waals surface area (Å²) in [6, 6.07) is 6.92. The lowest BCUT2D eigenvalue weighted by Gasteiger charge is -2.42. The minimum atomic E-state index is -0.989. The average Bonchev–Trinajstić information content (AvgIpc) is 3.20. The molecule has 31 heavy (non-hydrogen) atoms. The van der Waals surface area contributed by atoms with Crippen LogP contribution in [0.1, 0.15) is 38.4 Å². The van der Waals surface area contributed by atoms with Gasteiger partial charge in [-0.2, -0.15) is 0 Å². The van der Waals surface area contributed by atoms with Crippen LogP contribution in [0.4, 0.5) is 0 Å². The largest absolute Gasteiger partial charge is 0.490 e. The van der Waals surface area contributed by atoms with Gasteiger partial charge in [-0.1, -0.05) is 25.4 Å². The third-order valence-electron chi connectivity index (χ3n) is 5.24. The number of primary amides is 1. The van der Waals surface area contributed by atoms with E-state index in [1.165, 1.54) is 0 Å². The molecule has 1 saturated heterocycles. The Labute approximate surface area is 187 Å². The maximum atomic E-state index is 12.9. The SMILES string of the molecule is CC(C)c1nccn1CCC(=O)N1CCO[C@](COc2ccc(Cl)cc2)(CC(N)=O)C1. The van der Waals surface area contributed by atoms with E-state index in [0.29, 0.717) is 36.9 Å². The van der Waals surface area contributed by atoms with Gasteiger partial charge in [-0.3, -0.25) is 9.59 Å². The molecule has 0 radical (unpaired) electrons. The van der Waals surface area contributed by atoms with Crippen molar-refractivity contribution in [3.8, 4) is 5.75 Å². The van der Waals surface area contributed by atoms with Crippen LogP contribution in [-0.2, 0) is 20.9 Å². The fourth-order valence-corrected chi connectivity index (χ4v) is 3.88. The number of halogens is 1. The summed E-state index contributed by atoms with van der Waals surface area (Å²) in [5.41, 5.74) is 4.49. The summed E-state index contributed by atoms with van der Waals surface area (Å²) in [4.78, 5) is 30.8. The van der Waals surface area contributed by atoms with Gasteiger partial charge < -0.3 is 24.7 Å². The molecule has 1 fully saturated rings. The number of amides is 2. The molecule has 2 heterocycles. The second-order valence-corrected chi connectivity index (χ2v) is 8.55. The van der Waals surface area contributed by atoms with Crippen LogP contribution >= 0.6 is 11.6 Å². The molecule has 1 aliphatic rings. The highest BCUT2D eigenvalue weighted by atomic mass is 35.5. The predicted molar refractivity (Wildman–Crippen MR) is 117 cm³/mol. The summed E-state index contributed by atoms with van der Waals surface area (Å²) in [6.45, 7) is 5.80. The second-order valence-electron chi connectivity index (χ2n) is 8.12. The fraction of sp³-hybridized carbons (Fsp3) is 0.500. The highest BCUT2D eigenvalue weighted by molar-refractivity contribution is 6.30. The number of aromatic nitrogens is 2. The number of morpholine rings is 1. The lowest BCUT2D eigenvalue weighted by Crippen LogP contribution is -2.58. The first-order valence-corrected chi connectivity index (χ1v) is 10.8. The molecule has 9 heteroatoms. The highest BCUT2D eigenvalue weighted by Gasteiger charge is 2.40. The van der Waals surface area contributed by atoms with Crippen molar-refractivity contribution in [3.63, 3.8) is 0 Å². The Kier molecular flexibility index (Phi) is 7.56. The standard InChI is InChI=1S/C22H29ClN4O4/c1-16(2)21-25-8-10-26(21)9-7-20(29)27-11-12-31-22(14-27,13-19(24)28)15-30-18-5-3-17(23)4-6-18/h3-6,8,10,16H,7,9,11-15H2,1-2H3,(H2,24,28)/t22-/m1/s1.